The van der Waals surface area contributed by atoms with Gasteiger partial charge in [-0.2, -0.15) is 0 Å². The van der Waals surface area contributed by atoms with Crippen molar-refractivity contribution in [3.8, 4) is 5.75 Å². The summed E-state index contributed by atoms with van der Waals surface area (Å²) in [5.74, 6) is 0.355. The van der Waals surface area contributed by atoms with Crippen molar-refractivity contribution in [2.75, 3.05) is 11.9 Å². The maximum Gasteiger partial charge on any atom is 0.220 e. The van der Waals surface area contributed by atoms with E-state index in [1.165, 1.54) is 0 Å². The van der Waals surface area contributed by atoms with Crippen molar-refractivity contribution in [3.05, 3.63) is 58.7 Å². The number of hydrogen-bond acceptors (Lipinski definition) is 3. The van der Waals surface area contributed by atoms with Crippen LogP contribution in [0.4, 0.5) is 5.69 Å². The van der Waals surface area contributed by atoms with E-state index in [2.05, 4.69) is 22.8 Å². The van der Waals surface area contributed by atoms with Gasteiger partial charge in [-0.05, 0) is 67.1 Å². The normalized spacial score (nSPS) is 16.2. The monoisotopic (exact) mass is 324 g/mol. The predicted molar refractivity (Wildman–Crippen MR) is 96.3 cm³/mol. The fourth-order valence-electron chi connectivity index (χ4n) is 3.49. The molecular formula is C20H24N2O2. The van der Waals surface area contributed by atoms with Crippen molar-refractivity contribution in [1.29, 1.82) is 0 Å². The van der Waals surface area contributed by atoms with Crippen LogP contribution >= 0.6 is 0 Å². The summed E-state index contributed by atoms with van der Waals surface area (Å²) >= 11 is 0. The van der Waals surface area contributed by atoms with Crippen molar-refractivity contribution in [2.45, 2.75) is 39.2 Å². The number of phenolic OH excluding ortho intramolecular Hbond substituents is 1. The molecular weight excluding hydrogens is 300 g/mol. The molecule has 3 rings (SSSR count). The van der Waals surface area contributed by atoms with Crippen molar-refractivity contribution < 1.29 is 9.90 Å². The highest BCUT2D eigenvalue weighted by Gasteiger charge is 2.21. The highest BCUT2D eigenvalue weighted by atomic mass is 16.3. The number of benzene rings is 2. The van der Waals surface area contributed by atoms with E-state index in [1.807, 2.05) is 26.0 Å². The third-order valence-electron chi connectivity index (χ3n) is 4.70. The van der Waals surface area contributed by atoms with Gasteiger partial charge in [-0.15, -0.1) is 0 Å². The Kier molecular flexibility index (Phi) is 4.74. The fraction of sp³-hybridized carbons (Fsp3) is 0.350. The number of rotatable bonds is 4. The highest BCUT2D eigenvalue weighted by molar-refractivity contribution is 5.77. The molecule has 1 aliphatic heterocycles. The summed E-state index contributed by atoms with van der Waals surface area (Å²) in [5.41, 5.74) is 5.49. The van der Waals surface area contributed by atoms with Gasteiger partial charge in [-0.1, -0.05) is 18.2 Å². The number of fused-ring (bicyclic) bond motifs is 1. The minimum atomic E-state index is 0.0728. The molecule has 2 aromatic rings. The van der Waals surface area contributed by atoms with Crippen LogP contribution in [-0.4, -0.2) is 17.6 Å². The minimum Gasteiger partial charge on any atom is -0.508 e. The maximum atomic E-state index is 12.4. The van der Waals surface area contributed by atoms with Crippen LogP contribution in [0.25, 0.3) is 0 Å². The number of para-hydroxylation sites is 1. The predicted octanol–water partition coefficient (Wildman–Crippen LogP) is 3.61. The second-order valence-corrected chi connectivity index (χ2v) is 6.48. The second kappa shape index (κ2) is 6.95. The fourth-order valence-corrected chi connectivity index (χ4v) is 3.49. The van der Waals surface area contributed by atoms with Gasteiger partial charge in [0.25, 0.3) is 0 Å². The Balaban J connectivity index is 1.63. The molecule has 0 saturated heterocycles. The van der Waals surface area contributed by atoms with Gasteiger partial charge in [-0.25, -0.2) is 0 Å². The van der Waals surface area contributed by atoms with Gasteiger partial charge in [-0.3, -0.25) is 4.79 Å². The lowest BCUT2D eigenvalue weighted by atomic mass is 9.96. The Morgan fingerprint density at radius 3 is 2.71 bits per heavy atom. The zero-order chi connectivity index (χ0) is 17.1. The lowest BCUT2D eigenvalue weighted by Gasteiger charge is -2.27. The summed E-state index contributed by atoms with van der Waals surface area (Å²) < 4.78 is 0. The van der Waals surface area contributed by atoms with Crippen molar-refractivity contribution >= 4 is 11.6 Å². The SMILES string of the molecule is Cc1cc(O)cc(C)c1CCC(=O)NC1CCNc2ccccc21. The Hall–Kier alpha value is -2.49. The number of aryl methyl sites for hydroxylation is 2. The van der Waals surface area contributed by atoms with Gasteiger partial charge in [0.2, 0.25) is 5.91 Å². The van der Waals surface area contributed by atoms with Crippen LogP contribution < -0.4 is 10.6 Å². The van der Waals surface area contributed by atoms with E-state index in [0.717, 1.165) is 40.9 Å². The van der Waals surface area contributed by atoms with Crippen molar-refractivity contribution in [1.82, 2.24) is 5.32 Å². The Morgan fingerprint density at radius 1 is 1.25 bits per heavy atom. The zero-order valence-electron chi connectivity index (χ0n) is 14.2. The molecule has 1 atom stereocenters. The first-order valence-electron chi connectivity index (χ1n) is 8.46. The summed E-state index contributed by atoms with van der Waals surface area (Å²) in [6.07, 6.45) is 2.05. The van der Waals surface area contributed by atoms with Crippen LogP contribution in [0.1, 0.15) is 41.1 Å². The third-order valence-corrected chi connectivity index (χ3v) is 4.70. The van der Waals surface area contributed by atoms with Gasteiger partial charge in [0, 0.05) is 18.7 Å². The van der Waals surface area contributed by atoms with Crippen LogP contribution in [0.15, 0.2) is 36.4 Å². The number of anilines is 1. The lowest BCUT2D eigenvalue weighted by molar-refractivity contribution is -0.121. The van der Waals surface area contributed by atoms with E-state index in [0.29, 0.717) is 12.8 Å². The first kappa shape index (κ1) is 16.4. The molecule has 2 aromatic carbocycles. The molecule has 1 heterocycles. The number of carbonyl (C=O) groups is 1. The molecule has 0 bridgehead atoms. The third kappa shape index (κ3) is 3.53. The van der Waals surface area contributed by atoms with E-state index in [-0.39, 0.29) is 17.7 Å². The molecule has 1 amide bonds. The second-order valence-electron chi connectivity index (χ2n) is 6.48. The molecule has 24 heavy (non-hydrogen) atoms. The minimum absolute atomic E-state index is 0.0728. The van der Waals surface area contributed by atoms with E-state index in [1.54, 1.807) is 12.1 Å². The van der Waals surface area contributed by atoms with Gasteiger partial charge < -0.3 is 15.7 Å². The van der Waals surface area contributed by atoms with Crippen LogP contribution in [0.3, 0.4) is 0 Å². The van der Waals surface area contributed by atoms with Crippen LogP contribution in [0.2, 0.25) is 0 Å². The first-order chi connectivity index (χ1) is 11.5. The topological polar surface area (TPSA) is 61.4 Å². The molecule has 3 N–H and O–H groups in total. The maximum absolute atomic E-state index is 12.4. The summed E-state index contributed by atoms with van der Waals surface area (Å²) in [5, 5.41) is 16.2. The van der Waals surface area contributed by atoms with Gasteiger partial charge in [0.05, 0.1) is 6.04 Å². The summed E-state index contributed by atoms with van der Waals surface area (Å²) in [6.45, 7) is 4.82. The summed E-state index contributed by atoms with van der Waals surface area (Å²) in [4.78, 5) is 12.4. The van der Waals surface area contributed by atoms with E-state index < -0.39 is 0 Å². The number of amides is 1. The van der Waals surface area contributed by atoms with Crippen LogP contribution in [0, 0.1) is 13.8 Å². The van der Waals surface area contributed by atoms with E-state index in [9.17, 15) is 9.90 Å². The number of phenols is 1. The molecule has 1 aliphatic rings. The highest BCUT2D eigenvalue weighted by Crippen LogP contribution is 2.29. The zero-order valence-corrected chi connectivity index (χ0v) is 14.2. The van der Waals surface area contributed by atoms with E-state index in [4.69, 9.17) is 0 Å². The molecule has 4 heteroatoms. The smallest absolute Gasteiger partial charge is 0.220 e. The molecule has 4 nitrogen and oxygen atoms in total. The van der Waals surface area contributed by atoms with Crippen LogP contribution in [-0.2, 0) is 11.2 Å². The number of nitrogens with one attached hydrogen (secondary N) is 2. The van der Waals surface area contributed by atoms with E-state index >= 15 is 0 Å². The van der Waals surface area contributed by atoms with Gasteiger partial charge in [0.1, 0.15) is 5.75 Å². The molecule has 0 spiro atoms. The number of carbonyl (C=O) groups excluding carboxylic acids is 1. The average Bonchev–Trinajstić information content (AvgIpc) is 2.54. The quantitative estimate of drug-likeness (QED) is 0.805. The summed E-state index contributed by atoms with van der Waals surface area (Å²) in [6, 6.07) is 11.7. The molecule has 0 aromatic heterocycles. The Morgan fingerprint density at radius 2 is 1.96 bits per heavy atom. The van der Waals surface area contributed by atoms with Crippen molar-refractivity contribution in [2.24, 2.45) is 0 Å². The van der Waals surface area contributed by atoms with Crippen molar-refractivity contribution in [3.63, 3.8) is 0 Å². The van der Waals surface area contributed by atoms with Gasteiger partial charge in [0.15, 0.2) is 0 Å². The molecule has 0 fully saturated rings. The first-order valence-corrected chi connectivity index (χ1v) is 8.46. The average molecular weight is 324 g/mol. The Labute approximate surface area is 142 Å². The summed E-state index contributed by atoms with van der Waals surface area (Å²) in [7, 11) is 0. The molecule has 1 unspecified atom stereocenters. The van der Waals surface area contributed by atoms with Gasteiger partial charge >= 0.3 is 0 Å². The van der Waals surface area contributed by atoms with Crippen LogP contribution in [0.5, 0.6) is 5.75 Å². The largest absolute Gasteiger partial charge is 0.508 e. The molecule has 0 saturated carbocycles. The number of aromatic hydroxyl groups is 1. The number of hydrogen-bond donors (Lipinski definition) is 3. The molecule has 0 radical (unpaired) electrons. The molecule has 126 valence electrons. The Bertz CT molecular complexity index is 732. The standard InChI is InChI=1S/C20H24N2O2/c1-13-11-15(23)12-14(2)16(13)7-8-20(24)22-19-9-10-21-18-6-4-3-5-17(18)19/h3-6,11-12,19,21,23H,7-10H2,1-2H3,(H,22,24). The lowest BCUT2D eigenvalue weighted by Crippen LogP contribution is -2.33. The molecule has 0 aliphatic carbocycles.